The summed E-state index contributed by atoms with van der Waals surface area (Å²) in [4.78, 5) is 0. The number of nitrogens with zero attached hydrogens (tertiary/aromatic N) is 2. The van der Waals surface area contributed by atoms with Gasteiger partial charge < -0.3 is 0 Å². The van der Waals surface area contributed by atoms with Gasteiger partial charge >= 0.3 is 0 Å². The molecule has 1 aliphatic heterocycles. The molecule has 0 atom stereocenters. The zero-order valence-electron chi connectivity index (χ0n) is 4.18. The third kappa shape index (κ3) is 0.585. The van der Waals surface area contributed by atoms with Gasteiger partial charge in [-0.2, -0.15) is 10.2 Å². The Morgan fingerprint density at radius 2 is 2.43 bits per heavy atom. The summed E-state index contributed by atoms with van der Waals surface area (Å²) in [5.41, 5.74) is 1.83. The number of allylic oxidation sites excluding steroid dienone is 1. The Balaban J connectivity index is 2.89. The third-order valence-corrected chi connectivity index (χ3v) is 0.886. The minimum atomic E-state index is 0.917. The zero-order valence-corrected chi connectivity index (χ0v) is 4.18. The fourth-order valence-electron chi connectivity index (χ4n) is 0.343. The summed E-state index contributed by atoms with van der Waals surface area (Å²) < 4.78 is 0. The molecule has 0 aromatic carbocycles. The highest BCUT2D eigenvalue weighted by atomic mass is 15.2. The summed E-state index contributed by atoms with van der Waals surface area (Å²) in [6.07, 6.45) is 1.65. The minimum Gasteiger partial charge on any atom is -0.158 e. The first-order valence-corrected chi connectivity index (χ1v) is 2.07. The summed E-state index contributed by atoms with van der Waals surface area (Å²) >= 11 is 0. The molecule has 36 valence electrons. The Morgan fingerprint density at radius 3 is 2.57 bits per heavy atom. The highest BCUT2D eigenvalue weighted by Crippen LogP contribution is 1.97. The Bertz CT molecular complexity index is 153. The van der Waals surface area contributed by atoms with Crippen molar-refractivity contribution >= 4 is 11.9 Å². The van der Waals surface area contributed by atoms with E-state index in [4.69, 9.17) is 0 Å². The molecule has 2 heteroatoms. The number of hydrogen-bond acceptors (Lipinski definition) is 2. The second-order valence-electron chi connectivity index (χ2n) is 1.46. The maximum absolute atomic E-state index is 3.70. The molecule has 0 aromatic heterocycles. The average molecular weight is 94.1 g/mol. The van der Waals surface area contributed by atoms with Crippen LogP contribution in [0.2, 0.25) is 0 Å². The van der Waals surface area contributed by atoms with Crippen molar-refractivity contribution in [3.8, 4) is 0 Å². The van der Waals surface area contributed by atoms with E-state index in [-0.39, 0.29) is 0 Å². The molecule has 0 N–H and O–H groups in total. The third-order valence-electron chi connectivity index (χ3n) is 0.886. The fourth-order valence-corrected chi connectivity index (χ4v) is 0.343. The SMILES string of the molecule is C=C1C=NN=C1C. The van der Waals surface area contributed by atoms with Gasteiger partial charge in [0.15, 0.2) is 0 Å². The second-order valence-corrected chi connectivity index (χ2v) is 1.46. The number of hydrogen-bond donors (Lipinski definition) is 0. The zero-order chi connectivity index (χ0) is 5.28. The standard InChI is InChI=1S/C5H6N2/c1-4-3-6-7-5(4)2/h3H,1H2,2H3. The molecule has 7 heavy (non-hydrogen) atoms. The lowest BCUT2D eigenvalue weighted by Crippen LogP contribution is -1.88. The van der Waals surface area contributed by atoms with E-state index in [1.165, 1.54) is 0 Å². The summed E-state index contributed by atoms with van der Waals surface area (Å²) in [6.45, 7) is 5.54. The molecule has 0 spiro atoms. The first-order valence-electron chi connectivity index (χ1n) is 2.07. The summed E-state index contributed by atoms with van der Waals surface area (Å²) in [6, 6.07) is 0. The molecule has 1 rings (SSSR count). The van der Waals surface area contributed by atoms with Crippen LogP contribution in [0.15, 0.2) is 22.4 Å². The van der Waals surface area contributed by atoms with Gasteiger partial charge in [0.05, 0.1) is 11.9 Å². The van der Waals surface area contributed by atoms with Crippen molar-refractivity contribution in [2.24, 2.45) is 10.2 Å². The van der Waals surface area contributed by atoms with E-state index in [2.05, 4.69) is 16.8 Å². The van der Waals surface area contributed by atoms with Gasteiger partial charge in [-0.05, 0) is 6.92 Å². The van der Waals surface area contributed by atoms with Crippen LogP contribution in [0.3, 0.4) is 0 Å². The lowest BCUT2D eigenvalue weighted by atomic mass is 10.2. The Morgan fingerprint density at radius 1 is 1.71 bits per heavy atom. The van der Waals surface area contributed by atoms with Crippen molar-refractivity contribution in [2.45, 2.75) is 6.92 Å². The molecule has 1 heterocycles. The monoisotopic (exact) mass is 94.1 g/mol. The van der Waals surface area contributed by atoms with Crippen LogP contribution in [0.25, 0.3) is 0 Å². The quantitative estimate of drug-likeness (QED) is 0.428. The highest BCUT2D eigenvalue weighted by Gasteiger charge is 1.97. The lowest BCUT2D eigenvalue weighted by Gasteiger charge is -1.81. The normalized spacial score (nSPS) is 17.9. The van der Waals surface area contributed by atoms with Crippen molar-refractivity contribution in [1.29, 1.82) is 0 Å². The summed E-state index contributed by atoms with van der Waals surface area (Å²) in [5, 5.41) is 7.31. The van der Waals surface area contributed by atoms with Gasteiger partial charge in [-0.1, -0.05) is 6.58 Å². The molecule has 0 bridgehead atoms. The van der Waals surface area contributed by atoms with Crippen LogP contribution in [0.4, 0.5) is 0 Å². The second kappa shape index (κ2) is 1.30. The van der Waals surface area contributed by atoms with E-state index in [9.17, 15) is 0 Å². The van der Waals surface area contributed by atoms with Gasteiger partial charge in [0.25, 0.3) is 0 Å². The van der Waals surface area contributed by atoms with Crippen LogP contribution in [0.5, 0.6) is 0 Å². The molecular formula is C5H6N2. The van der Waals surface area contributed by atoms with Crippen LogP contribution < -0.4 is 0 Å². The maximum atomic E-state index is 3.70. The minimum absolute atomic E-state index is 0.917. The fraction of sp³-hybridized carbons (Fsp3) is 0.200. The van der Waals surface area contributed by atoms with Gasteiger partial charge in [0, 0.05) is 5.57 Å². The van der Waals surface area contributed by atoms with Crippen molar-refractivity contribution in [1.82, 2.24) is 0 Å². The molecule has 0 amide bonds. The van der Waals surface area contributed by atoms with Crippen molar-refractivity contribution in [2.75, 3.05) is 0 Å². The molecule has 2 nitrogen and oxygen atoms in total. The predicted molar refractivity (Wildman–Crippen MR) is 30.7 cm³/mol. The largest absolute Gasteiger partial charge is 0.158 e. The van der Waals surface area contributed by atoms with E-state index in [1.54, 1.807) is 6.21 Å². The Hall–Kier alpha value is -0.920. The molecule has 0 saturated heterocycles. The number of rotatable bonds is 0. The first kappa shape index (κ1) is 4.24. The first-order chi connectivity index (χ1) is 3.30. The molecular weight excluding hydrogens is 88.1 g/mol. The van der Waals surface area contributed by atoms with Crippen LogP contribution in [0.1, 0.15) is 6.92 Å². The lowest BCUT2D eigenvalue weighted by molar-refractivity contribution is 1.27. The van der Waals surface area contributed by atoms with Crippen LogP contribution in [-0.4, -0.2) is 11.9 Å². The predicted octanol–water partition coefficient (Wildman–Crippen LogP) is 1.00. The van der Waals surface area contributed by atoms with Crippen LogP contribution in [0, 0.1) is 0 Å². The molecule has 1 aliphatic rings. The topological polar surface area (TPSA) is 24.7 Å². The van der Waals surface area contributed by atoms with E-state index in [1.807, 2.05) is 6.92 Å². The van der Waals surface area contributed by atoms with E-state index >= 15 is 0 Å². The van der Waals surface area contributed by atoms with Crippen LogP contribution in [-0.2, 0) is 0 Å². The molecule has 0 aromatic rings. The van der Waals surface area contributed by atoms with Gasteiger partial charge in [-0.3, -0.25) is 0 Å². The van der Waals surface area contributed by atoms with Gasteiger partial charge in [-0.15, -0.1) is 0 Å². The molecule has 0 radical (unpaired) electrons. The molecule has 0 aliphatic carbocycles. The van der Waals surface area contributed by atoms with Crippen molar-refractivity contribution < 1.29 is 0 Å². The average Bonchev–Trinajstić information content (AvgIpc) is 1.91. The highest BCUT2D eigenvalue weighted by molar-refractivity contribution is 6.16. The smallest absolute Gasteiger partial charge is 0.0681 e. The Labute approximate surface area is 42.3 Å². The van der Waals surface area contributed by atoms with Crippen molar-refractivity contribution in [3.05, 3.63) is 12.2 Å². The maximum Gasteiger partial charge on any atom is 0.0681 e. The molecule has 0 saturated carbocycles. The van der Waals surface area contributed by atoms with Crippen molar-refractivity contribution in [3.63, 3.8) is 0 Å². The van der Waals surface area contributed by atoms with E-state index in [0.29, 0.717) is 0 Å². The van der Waals surface area contributed by atoms with Gasteiger partial charge in [0.2, 0.25) is 0 Å². The summed E-state index contributed by atoms with van der Waals surface area (Å²) in [5.74, 6) is 0. The summed E-state index contributed by atoms with van der Waals surface area (Å²) in [7, 11) is 0. The van der Waals surface area contributed by atoms with E-state index in [0.717, 1.165) is 11.3 Å². The van der Waals surface area contributed by atoms with Crippen LogP contribution >= 0.6 is 0 Å². The van der Waals surface area contributed by atoms with E-state index < -0.39 is 0 Å². The van der Waals surface area contributed by atoms with Gasteiger partial charge in [0.1, 0.15) is 0 Å². The molecule has 0 fully saturated rings. The molecule has 0 unspecified atom stereocenters. The Kier molecular flexibility index (Phi) is 0.785. The van der Waals surface area contributed by atoms with Gasteiger partial charge in [-0.25, -0.2) is 0 Å².